The molecule has 0 amide bonds. The van der Waals surface area contributed by atoms with E-state index in [2.05, 4.69) is 51.3 Å². The minimum absolute atomic E-state index is 0. The van der Waals surface area contributed by atoms with Crippen molar-refractivity contribution in [2.24, 2.45) is 0 Å². The van der Waals surface area contributed by atoms with Crippen molar-refractivity contribution >= 4 is 49.7 Å². The van der Waals surface area contributed by atoms with Crippen molar-refractivity contribution in [2.45, 2.75) is 259 Å². The van der Waals surface area contributed by atoms with Crippen LogP contribution in [0.5, 0.6) is 0 Å². The second-order valence-corrected chi connectivity index (χ2v) is 15.8. The predicted octanol–water partition coefficient (Wildman–Crippen LogP) is 11.0. The average molecular weight is 777 g/mol. The van der Waals surface area contributed by atoms with Gasteiger partial charge >= 0.3 is 37.7 Å². The summed E-state index contributed by atoms with van der Waals surface area (Å²) in [5, 5.41) is 22.2. The molecule has 0 aliphatic rings. The summed E-state index contributed by atoms with van der Waals surface area (Å²) in [4.78, 5) is 27.1. The number of hydrogen-bond donors (Lipinski definition) is 0. The first-order valence-corrected chi connectivity index (χ1v) is 23.2. The second kappa shape index (κ2) is 46.5. The molecule has 7 heteroatoms. The maximum atomic E-state index is 11.1. The van der Waals surface area contributed by atoms with E-state index in [1.54, 1.807) is 0 Å². The molecule has 0 saturated heterocycles. The van der Waals surface area contributed by atoms with Gasteiger partial charge in [-0.3, -0.25) is 0 Å². The van der Waals surface area contributed by atoms with Crippen LogP contribution in [-0.4, -0.2) is 97.7 Å². The van der Waals surface area contributed by atoms with E-state index in [1.807, 2.05) is 0 Å². The Kier molecular flexibility index (Phi) is 50.4. The first-order chi connectivity index (χ1) is 25.3. The minimum Gasteiger partial charge on any atom is -0.550 e. The van der Waals surface area contributed by atoms with Crippen LogP contribution < -0.4 is 10.2 Å². The van der Waals surface area contributed by atoms with Crippen molar-refractivity contribution < 1.29 is 19.8 Å². The zero-order valence-corrected chi connectivity index (χ0v) is 39.1. The molecule has 0 aromatic carbocycles. The summed E-state index contributed by atoms with van der Waals surface area (Å²) >= 11 is 0. The first kappa shape index (κ1) is 57.4. The Balaban J connectivity index is -0.000000926. The zero-order chi connectivity index (χ0) is 38.9. The number of nitrogens with zero attached hydrogens (tertiary/aromatic N) is 2. The maximum Gasteiger partial charge on any atom is 2.00 e. The molecule has 53 heavy (non-hydrogen) atoms. The molecule has 6 nitrogen and oxygen atoms in total. The van der Waals surface area contributed by atoms with Gasteiger partial charge < -0.3 is 29.6 Å². The summed E-state index contributed by atoms with van der Waals surface area (Å²) in [5.74, 6) is -1.80. The minimum atomic E-state index is -0.902. The summed E-state index contributed by atoms with van der Waals surface area (Å²) in [6.45, 7) is 17.4. The third kappa shape index (κ3) is 41.6. The van der Waals surface area contributed by atoms with E-state index in [1.165, 1.54) is 180 Å². The molecule has 312 valence electrons. The van der Waals surface area contributed by atoms with Gasteiger partial charge in [0.25, 0.3) is 0 Å². The fourth-order valence-electron chi connectivity index (χ4n) is 7.49. The van der Waals surface area contributed by atoms with Crippen LogP contribution in [0.4, 0.5) is 0 Å². The molecule has 2 atom stereocenters. The van der Waals surface area contributed by atoms with Crippen LogP contribution in [0.3, 0.4) is 0 Å². The predicted molar refractivity (Wildman–Crippen MR) is 228 cm³/mol. The molecular formula is C46H92CaN2O4. The summed E-state index contributed by atoms with van der Waals surface area (Å²) in [7, 11) is 0. The van der Waals surface area contributed by atoms with Crippen LogP contribution in [-0.2, 0) is 9.59 Å². The second-order valence-electron chi connectivity index (χ2n) is 15.8. The SMILES string of the molecule is CCCCCCCCCN(CCCCCCCCC)C(CC)CC(=O)[O-].CCCCCCCCCN(CCCCCCCCC)C(CC)CC(=O)[O-].[Ca+2]. The van der Waals surface area contributed by atoms with E-state index < -0.39 is 11.9 Å². The third-order valence-corrected chi connectivity index (χ3v) is 11.0. The van der Waals surface area contributed by atoms with E-state index in [4.69, 9.17) is 0 Å². The number of unbranched alkanes of at least 4 members (excludes halogenated alkanes) is 24. The fraction of sp³-hybridized carbons (Fsp3) is 0.957. The molecule has 0 bridgehead atoms. The van der Waals surface area contributed by atoms with Gasteiger partial charge in [-0.15, -0.1) is 0 Å². The number of carbonyl (C=O) groups excluding carboxylic acids is 2. The number of aliphatic carboxylic acids is 2. The summed E-state index contributed by atoms with van der Waals surface area (Å²) in [6, 6.07) is 0.306. The largest absolute Gasteiger partial charge is 2.00 e. The molecule has 0 aromatic rings. The Morgan fingerprint density at radius 1 is 0.358 bits per heavy atom. The van der Waals surface area contributed by atoms with E-state index in [9.17, 15) is 19.8 Å². The molecule has 0 rings (SSSR count). The number of hydrogen-bond acceptors (Lipinski definition) is 6. The molecule has 0 N–H and O–H groups in total. The average Bonchev–Trinajstić information content (AvgIpc) is 3.13. The van der Waals surface area contributed by atoms with Gasteiger partial charge in [-0.05, 0) is 64.7 Å². The van der Waals surface area contributed by atoms with Crippen LogP contribution in [0.1, 0.15) is 247 Å². The van der Waals surface area contributed by atoms with Crippen molar-refractivity contribution in [3.05, 3.63) is 0 Å². The van der Waals surface area contributed by atoms with Crippen molar-refractivity contribution in [1.29, 1.82) is 0 Å². The number of carboxylic acids is 2. The Morgan fingerprint density at radius 2 is 0.547 bits per heavy atom. The van der Waals surface area contributed by atoms with Gasteiger partial charge in [-0.25, -0.2) is 0 Å². The van der Waals surface area contributed by atoms with Gasteiger partial charge in [0.05, 0.1) is 0 Å². The summed E-state index contributed by atoms with van der Waals surface area (Å²) < 4.78 is 0. The molecule has 0 saturated carbocycles. The van der Waals surface area contributed by atoms with Crippen LogP contribution >= 0.6 is 0 Å². The molecule has 0 aromatic heterocycles. The topological polar surface area (TPSA) is 86.7 Å². The van der Waals surface area contributed by atoms with E-state index in [0.717, 1.165) is 39.0 Å². The van der Waals surface area contributed by atoms with Crippen molar-refractivity contribution in [1.82, 2.24) is 9.80 Å². The van der Waals surface area contributed by atoms with Crippen LogP contribution in [0.15, 0.2) is 0 Å². The van der Waals surface area contributed by atoms with Gasteiger partial charge in [-0.1, -0.05) is 196 Å². The molecule has 0 heterocycles. The molecule has 0 aliphatic carbocycles. The number of rotatable bonds is 40. The van der Waals surface area contributed by atoms with Gasteiger partial charge in [0.15, 0.2) is 0 Å². The molecule has 2 unspecified atom stereocenters. The monoisotopic (exact) mass is 777 g/mol. The summed E-state index contributed by atoms with van der Waals surface area (Å²) in [6.07, 6.45) is 38.8. The molecule has 0 radical (unpaired) electrons. The van der Waals surface area contributed by atoms with Crippen LogP contribution in [0.2, 0.25) is 0 Å². The van der Waals surface area contributed by atoms with Crippen molar-refractivity contribution in [3.8, 4) is 0 Å². The zero-order valence-electron chi connectivity index (χ0n) is 36.8. The molecule has 0 spiro atoms. The van der Waals surface area contributed by atoms with E-state index >= 15 is 0 Å². The fourth-order valence-corrected chi connectivity index (χ4v) is 7.49. The Labute approximate surface area is 362 Å². The molecule has 0 aliphatic heterocycles. The standard InChI is InChI=1S/2C23H47NO2.Ca/c2*1-4-7-9-11-13-15-17-19-24(22(6-3)21-23(25)26)20-18-16-14-12-10-8-5-2;/h2*22H,4-21H2,1-3H3,(H,25,26);/q;;+2/p-2. The Hall–Kier alpha value is 0.120. The van der Waals surface area contributed by atoms with Crippen LogP contribution in [0.25, 0.3) is 0 Å². The third-order valence-electron chi connectivity index (χ3n) is 11.0. The van der Waals surface area contributed by atoms with Gasteiger partial charge in [0.2, 0.25) is 0 Å². The maximum absolute atomic E-state index is 11.1. The van der Waals surface area contributed by atoms with Gasteiger partial charge in [0.1, 0.15) is 0 Å². The molecular weight excluding hydrogens is 685 g/mol. The van der Waals surface area contributed by atoms with Crippen molar-refractivity contribution in [3.63, 3.8) is 0 Å². The summed E-state index contributed by atoms with van der Waals surface area (Å²) in [5.41, 5.74) is 0. The molecule has 0 fully saturated rings. The van der Waals surface area contributed by atoms with E-state index in [-0.39, 0.29) is 62.7 Å². The smallest absolute Gasteiger partial charge is 0.550 e. The van der Waals surface area contributed by atoms with Gasteiger partial charge in [0, 0.05) is 36.9 Å². The quantitative estimate of drug-likeness (QED) is 0.0455. The van der Waals surface area contributed by atoms with E-state index in [0.29, 0.717) is 0 Å². The normalized spacial score (nSPS) is 12.4. The van der Waals surface area contributed by atoms with Gasteiger partial charge in [-0.2, -0.15) is 0 Å². The number of carbonyl (C=O) groups is 2. The number of carboxylic acid groups (broad SMARTS) is 2. The Bertz CT molecular complexity index is 644. The Morgan fingerprint density at radius 3 is 0.717 bits per heavy atom. The van der Waals surface area contributed by atoms with Crippen LogP contribution in [0, 0.1) is 0 Å². The van der Waals surface area contributed by atoms with Crippen molar-refractivity contribution in [2.75, 3.05) is 26.2 Å². The first-order valence-electron chi connectivity index (χ1n) is 23.2.